The molecule has 0 N–H and O–H groups in total. The summed E-state index contributed by atoms with van der Waals surface area (Å²) in [5.41, 5.74) is 0. The van der Waals surface area contributed by atoms with Crippen molar-refractivity contribution in [1.29, 1.82) is 0 Å². The molecule has 1 aliphatic carbocycles. The summed E-state index contributed by atoms with van der Waals surface area (Å²) >= 11 is 0. The monoisotopic (exact) mass is 254 g/mol. The lowest BCUT2D eigenvalue weighted by molar-refractivity contribution is -0.330. The summed E-state index contributed by atoms with van der Waals surface area (Å²) in [5, 5.41) is 0. The van der Waals surface area contributed by atoms with Gasteiger partial charge in [-0.05, 0) is 24.7 Å². The highest BCUT2D eigenvalue weighted by molar-refractivity contribution is 4.90. The zero-order valence-electron chi connectivity index (χ0n) is 12.6. The number of hydrogen-bond donors (Lipinski definition) is 0. The maximum absolute atomic E-state index is 6.29. The van der Waals surface area contributed by atoms with Crippen LogP contribution in [-0.2, 0) is 9.47 Å². The summed E-state index contributed by atoms with van der Waals surface area (Å²) in [5.74, 6) is 2.33. The van der Waals surface area contributed by atoms with Crippen LogP contribution in [0.25, 0.3) is 0 Å². The molecular weight excluding hydrogens is 224 g/mol. The second kappa shape index (κ2) is 5.92. The van der Waals surface area contributed by atoms with Gasteiger partial charge in [-0.1, -0.05) is 40.5 Å². The van der Waals surface area contributed by atoms with Crippen LogP contribution in [0.1, 0.15) is 59.8 Å². The van der Waals surface area contributed by atoms with Crippen LogP contribution in [0.3, 0.4) is 0 Å². The molecule has 2 fully saturated rings. The van der Waals surface area contributed by atoms with E-state index in [2.05, 4.69) is 27.7 Å². The SMILES string of the molecule is CCCC1COC2(CC(C)CC[C@@H]2C(C)C)OC1. The number of ether oxygens (including phenoxy) is 2. The van der Waals surface area contributed by atoms with E-state index in [1.807, 2.05) is 0 Å². The molecule has 1 aliphatic heterocycles. The molecule has 1 saturated carbocycles. The van der Waals surface area contributed by atoms with Gasteiger partial charge in [-0.2, -0.15) is 0 Å². The molecule has 0 amide bonds. The highest BCUT2D eigenvalue weighted by Gasteiger charge is 2.48. The van der Waals surface area contributed by atoms with Gasteiger partial charge in [0.1, 0.15) is 0 Å². The highest BCUT2D eigenvalue weighted by Crippen LogP contribution is 2.46. The third-order valence-electron chi connectivity index (χ3n) is 4.80. The summed E-state index contributed by atoms with van der Waals surface area (Å²) in [4.78, 5) is 0. The van der Waals surface area contributed by atoms with E-state index in [4.69, 9.17) is 9.47 Å². The Bertz CT molecular complexity index is 254. The average Bonchev–Trinajstić information content (AvgIpc) is 2.32. The van der Waals surface area contributed by atoms with E-state index in [-0.39, 0.29) is 5.79 Å². The molecule has 1 unspecified atom stereocenters. The van der Waals surface area contributed by atoms with E-state index in [0.717, 1.165) is 25.6 Å². The molecule has 2 aliphatic rings. The quantitative estimate of drug-likeness (QED) is 0.750. The minimum absolute atomic E-state index is 0.254. The third-order valence-corrected chi connectivity index (χ3v) is 4.80. The molecule has 1 saturated heterocycles. The maximum atomic E-state index is 6.29. The Morgan fingerprint density at radius 2 is 1.83 bits per heavy atom. The third kappa shape index (κ3) is 2.91. The Morgan fingerprint density at radius 1 is 1.17 bits per heavy atom. The molecule has 0 bridgehead atoms. The van der Waals surface area contributed by atoms with Gasteiger partial charge in [0.05, 0.1) is 13.2 Å². The minimum atomic E-state index is -0.254. The second-order valence-corrected chi connectivity index (χ2v) is 6.83. The molecule has 106 valence electrons. The Hall–Kier alpha value is -0.0800. The maximum Gasteiger partial charge on any atom is 0.171 e. The Balaban J connectivity index is 2.03. The van der Waals surface area contributed by atoms with E-state index in [9.17, 15) is 0 Å². The van der Waals surface area contributed by atoms with Gasteiger partial charge in [0.15, 0.2) is 5.79 Å². The van der Waals surface area contributed by atoms with Crippen LogP contribution in [0.5, 0.6) is 0 Å². The minimum Gasteiger partial charge on any atom is -0.349 e. The summed E-state index contributed by atoms with van der Waals surface area (Å²) in [6, 6.07) is 0. The predicted octanol–water partition coefficient (Wildman–Crippen LogP) is 4.24. The Labute approximate surface area is 112 Å². The zero-order valence-corrected chi connectivity index (χ0v) is 12.6. The molecular formula is C16H30O2. The van der Waals surface area contributed by atoms with E-state index in [1.54, 1.807) is 0 Å². The summed E-state index contributed by atoms with van der Waals surface area (Å²) in [7, 11) is 0. The fraction of sp³-hybridized carbons (Fsp3) is 1.00. The Morgan fingerprint density at radius 3 is 2.39 bits per heavy atom. The molecule has 2 atom stereocenters. The molecule has 2 rings (SSSR count). The van der Waals surface area contributed by atoms with Crippen LogP contribution in [0.4, 0.5) is 0 Å². The van der Waals surface area contributed by atoms with E-state index in [0.29, 0.717) is 17.8 Å². The lowest BCUT2D eigenvalue weighted by atomic mass is 9.72. The average molecular weight is 254 g/mol. The zero-order chi connectivity index (χ0) is 13.2. The smallest absolute Gasteiger partial charge is 0.171 e. The summed E-state index contributed by atoms with van der Waals surface area (Å²) < 4.78 is 12.6. The van der Waals surface area contributed by atoms with Gasteiger partial charge in [0, 0.05) is 18.3 Å². The van der Waals surface area contributed by atoms with Crippen LogP contribution >= 0.6 is 0 Å². The second-order valence-electron chi connectivity index (χ2n) is 6.83. The molecule has 2 heteroatoms. The van der Waals surface area contributed by atoms with Crippen molar-refractivity contribution in [1.82, 2.24) is 0 Å². The van der Waals surface area contributed by atoms with Crippen LogP contribution in [0, 0.1) is 23.7 Å². The van der Waals surface area contributed by atoms with Crippen LogP contribution in [0.2, 0.25) is 0 Å². The van der Waals surface area contributed by atoms with Crippen molar-refractivity contribution in [2.75, 3.05) is 13.2 Å². The molecule has 2 nitrogen and oxygen atoms in total. The van der Waals surface area contributed by atoms with Gasteiger partial charge in [-0.25, -0.2) is 0 Å². The summed E-state index contributed by atoms with van der Waals surface area (Å²) in [6.07, 6.45) is 6.15. The van der Waals surface area contributed by atoms with Crippen molar-refractivity contribution < 1.29 is 9.47 Å². The molecule has 0 aromatic rings. The van der Waals surface area contributed by atoms with Gasteiger partial charge in [-0.3, -0.25) is 0 Å². The Kier molecular flexibility index (Phi) is 4.71. The molecule has 0 radical (unpaired) electrons. The largest absolute Gasteiger partial charge is 0.349 e. The van der Waals surface area contributed by atoms with Crippen LogP contribution in [-0.4, -0.2) is 19.0 Å². The van der Waals surface area contributed by atoms with E-state index >= 15 is 0 Å². The van der Waals surface area contributed by atoms with E-state index < -0.39 is 0 Å². The number of rotatable bonds is 3. The lowest BCUT2D eigenvalue weighted by Gasteiger charge is -2.50. The fourth-order valence-corrected chi connectivity index (χ4v) is 3.78. The number of hydrogen-bond acceptors (Lipinski definition) is 2. The van der Waals surface area contributed by atoms with Gasteiger partial charge in [-0.15, -0.1) is 0 Å². The van der Waals surface area contributed by atoms with Crippen LogP contribution in [0.15, 0.2) is 0 Å². The first-order valence-electron chi connectivity index (χ1n) is 7.85. The fourth-order valence-electron chi connectivity index (χ4n) is 3.78. The molecule has 0 aromatic carbocycles. The van der Waals surface area contributed by atoms with Crippen molar-refractivity contribution >= 4 is 0 Å². The summed E-state index contributed by atoms with van der Waals surface area (Å²) in [6.45, 7) is 11.0. The normalized spacial score (nSPS) is 41.5. The van der Waals surface area contributed by atoms with Gasteiger partial charge < -0.3 is 9.47 Å². The van der Waals surface area contributed by atoms with Crippen LogP contribution < -0.4 is 0 Å². The van der Waals surface area contributed by atoms with Gasteiger partial charge >= 0.3 is 0 Å². The first kappa shape index (κ1) is 14.3. The molecule has 1 spiro atoms. The predicted molar refractivity (Wildman–Crippen MR) is 74.4 cm³/mol. The van der Waals surface area contributed by atoms with Crippen molar-refractivity contribution in [3.63, 3.8) is 0 Å². The first-order chi connectivity index (χ1) is 8.57. The molecule has 0 aromatic heterocycles. The van der Waals surface area contributed by atoms with Gasteiger partial charge in [0.2, 0.25) is 0 Å². The van der Waals surface area contributed by atoms with Crippen molar-refractivity contribution in [3.05, 3.63) is 0 Å². The first-order valence-corrected chi connectivity index (χ1v) is 7.85. The topological polar surface area (TPSA) is 18.5 Å². The van der Waals surface area contributed by atoms with Crippen molar-refractivity contribution in [2.24, 2.45) is 23.7 Å². The molecule has 1 heterocycles. The standard InChI is InChI=1S/C16H30O2/c1-5-6-14-10-17-16(18-11-14)9-13(4)7-8-15(16)12(2)3/h12-15H,5-11H2,1-4H3/t13?,14?,15-,16?/m1/s1. The van der Waals surface area contributed by atoms with Crippen molar-refractivity contribution in [3.8, 4) is 0 Å². The van der Waals surface area contributed by atoms with E-state index in [1.165, 1.54) is 25.7 Å². The van der Waals surface area contributed by atoms with Crippen molar-refractivity contribution in [2.45, 2.75) is 65.6 Å². The molecule has 18 heavy (non-hydrogen) atoms. The highest BCUT2D eigenvalue weighted by atomic mass is 16.7. The van der Waals surface area contributed by atoms with Gasteiger partial charge in [0.25, 0.3) is 0 Å². The lowest BCUT2D eigenvalue weighted by Crippen LogP contribution is -2.54.